The third-order valence-corrected chi connectivity index (χ3v) is 3.47. The minimum Gasteiger partial charge on any atom is -0.324 e. The summed E-state index contributed by atoms with van der Waals surface area (Å²) in [7, 11) is 0. The summed E-state index contributed by atoms with van der Waals surface area (Å²) >= 11 is 0. The van der Waals surface area contributed by atoms with E-state index in [9.17, 15) is 14.0 Å². The van der Waals surface area contributed by atoms with Gasteiger partial charge in [-0.25, -0.2) is 4.39 Å². The zero-order chi connectivity index (χ0) is 16.8. The van der Waals surface area contributed by atoms with Crippen LogP contribution in [-0.4, -0.2) is 18.4 Å². The summed E-state index contributed by atoms with van der Waals surface area (Å²) in [6.45, 7) is 3.18. The van der Waals surface area contributed by atoms with Gasteiger partial charge in [-0.1, -0.05) is 31.2 Å². The van der Waals surface area contributed by atoms with Crippen LogP contribution in [0, 0.1) is 5.82 Å². The molecule has 23 heavy (non-hydrogen) atoms. The molecule has 0 saturated heterocycles. The number of nitrogens with zero attached hydrogens (tertiary/aromatic N) is 1. The number of nitrogens with one attached hydrogen (secondary N) is 1. The molecule has 0 atom stereocenters. The monoisotopic (exact) mass is 314 g/mol. The van der Waals surface area contributed by atoms with Crippen molar-refractivity contribution in [2.75, 3.05) is 16.8 Å². The minimum absolute atomic E-state index is 0.170. The number of rotatable bonds is 5. The summed E-state index contributed by atoms with van der Waals surface area (Å²) in [6.07, 6.45) is 0.788. The van der Waals surface area contributed by atoms with Crippen molar-refractivity contribution in [3.8, 4) is 0 Å². The Morgan fingerprint density at radius 2 is 1.87 bits per heavy atom. The predicted molar refractivity (Wildman–Crippen MR) is 88.9 cm³/mol. The van der Waals surface area contributed by atoms with Crippen molar-refractivity contribution in [2.45, 2.75) is 20.3 Å². The Morgan fingerprint density at radius 3 is 2.52 bits per heavy atom. The van der Waals surface area contributed by atoms with Crippen molar-refractivity contribution in [1.82, 2.24) is 0 Å². The van der Waals surface area contributed by atoms with Crippen molar-refractivity contribution in [1.29, 1.82) is 0 Å². The van der Waals surface area contributed by atoms with Crippen molar-refractivity contribution < 1.29 is 14.0 Å². The topological polar surface area (TPSA) is 49.4 Å². The van der Waals surface area contributed by atoms with Crippen LogP contribution in [0.2, 0.25) is 0 Å². The number of carbonyl (C=O) groups excluding carboxylic acids is 2. The number of halogens is 1. The Morgan fingerprint density at radius 1 is 1.13 bits per heavy atom. The number of hydrogen-bond donors (Lipinski definition) is 1. The maximum Gasteiger partial charge on any atom is 0.244 e. The predicted octanol–water partition coefficient (Wildman–Crippen LogP) is 3.38. The van der Waals surface area contributed by atoms with Crippen LogP contribution < -0.4 is 10.2 Å². The number of carbonyl (C=O) groups is 2. The summed E-state index contributed by atoms with van der Waals surface area (Å²) in [4.78, 5) is 25.3. The van der Waals surface area contributed by atoms with Gasteiger partial charge < -0.3 is 10.2 Å². The molecule has 4 nitrogen and oxygen atoms in total. The molecule has 2 amide bonds. The quantitative estimate of drug-likeness (QED) is 0.920. The van der Waals surface area contributed by atoms with Gasteiger partial charge in [0.1, 0.15) is 12.4 Å². The van der Waals surface area contributed by atoms with E-state index >= 15 is 0 Å². The van der Waals surface area contributed by atoms with Crippen molar-refractivity contribution >= 4 is 23.2 Å². The Labute approximate surface area is 134 Å². The van der Waals surface area contributed by atoms with Crippen LogP contribution in [0.1, 0.15) is 19.4 Å². The molecule has 0 fully saturated rings. The van der Waals surface area contributed by atoms with Crippen LogP contribution in [-0.2, 0) is 16.0 Å². The van der Waals surface area contributed by atoms with Crippen molar-refractivity contribution in [2.24, 2.45) is 0 Å². The second kappa shape index (κ2) is 7.54. The molecule has 0 bridgehead atoms. The molecule has 0 radical (unpaired) electrons. The van der Waals surface area contributed by atoms with E-state index in [1.54, 1.807) is 6.07 Å². The molecular formula is C18H19FN2O2. The SMILES string of the molecule is CCc1ccccc1NC(=O)CN(C(C)=O)c1cccc(F)c1. The highest BCUT2D eigenvalue weighted by molar-refractivity contribution is 6.02. The average molecular weight is 314 g/mol. The van der Waals surface area contributed by atoms with E-state index in [0.717, 1.165) is 17.7 Å². The molecule has 0 saturated carbocycles. The first-order valence-electron chi connectivity index (χ1n) is 7.42. The highest BCUT2D eigenvalue weighted by Crippen LogP contribution is 2.18. The highest BCUT2D eigenvalue weighted by atomic mass is 19.1. The summed E-state index contributed by atoms with van der Waals surface area (Å²) in [5, 5.41) is 2.80. The summed E-state index contributed by atoms with van der Waals surface area (Å²) < 4.78 is 13.3. The lowest BCUT2D eigenvalue weighted by molar-refractivity contribution is -0.120. The maximum atomic E-state index is 13.3. The fourth-order valence-electron chi connectivity index (χ4n) is 2.31. The third-order valence-electron chi connectivity index (χ3n) is 3.47. The fourth-order valence-corrected chi connectivity index (χ4v) is 2.31. The van der Waals surface area contributed by atoms with Gasteiger partial charge in [0.25, 0.3) is 0 Å². The molecule has 0 aliphatic carbocycles. The van der Waals surface area contributed by atoms with Crippen LogP contribution >= 0.6 is 0 Å². The molecule has 2 rings (SSSR count). The molecule has 0 aromatic heterocycles. The van der Waals surface area contributed by atoms with E-state index in [-0.39, 0.29) is 18.4 Å². The van der Waals surface area contributed by atoms with Crippen molar-refractivity contribution in [3.05, 3.63) is 59.9 Å². The fraction of sp³-hybridized carbons (Fsp3) is 0.222. The van der Waals surface area contributed by atoms with Gasteiger partial charge >= 0.3 is 0 Å². The Kier molecular flexibility index (Phi) is 5.46. The molecular weight excluding hydrogens is 295 g/mol. The Bertz CT molecular complexity index is 716. The van der Waals surface area contributed by atoms with Gasteiger partial charge in [-0.3, -0.25) is 9.59 Å². The average Bonchev–Trinajstić information content (AvgIpc) is 2.53. The van der Waals surface area contributed by atoms with Crippen molar-refractivity contribution in [3.63, 3.8) is 0 Å². The smallest absolute Gasteiger partial charge is 0.244 e. The number of amides is 2. The zero-order valence-corrected chi connectivity index (χ0v) is 13.2. The maximum absolute atomic E-state index is 13.3. The van der Waals surface area contributed by atoms with Crippen LogP contribution in [0.5, 0.6) is 0 Å². The molecule has 0 spiro atoms. The van der Waals surface area contributed by atoms with Crippen LogP contribution in [0.25, 0.3) is 0 Å². The molecule has 2 aromatic carbocycles. The van der Waals surface area contributed by atoms with Gasteiger partial charge in [0.2, 0.25) is 11.8 Å². The van der Waals surface area contributed by atoms with Gasteiger partial charge in [0.15, 0.2) is 0 Å². The number of benzene rings is 2. The Balaban J connectivity index is 2.14. The molecule has 0 aliphatic heterocycles. The van der Waals surface area contributed by atoms with Gasteiger partial charge in [-0.2, -0.15) is 0 Å². The lowest BCUT2D eigenvalue weighted by atomic mass is 10.1. The lowest BCUT2D eigenvalue weighted by Crippen LogP contribution is -2.36. The lowest BCUT2D eigenvalue weighted by Gasteiger charge is -2.21. The van der Waals surface area contributed by atoms with E-state index in [0.29, 0.717) is 5.69 Å². The molecule has 120 valence electrons. The number of anilines is 2. The van der Waals surface area contributed by atoms with Crippen LogP contribution in [0.3, 0.4) is 0 Å². The molecule has 0 aliphatic rings. The second-order valence-electron chi connectivity index (χ2n) is 5.14. The van der Waals surface area contributed by atoms with E-state index in [1.807, 2.05) is 31.2 Å². The van der Waals surface area contributed by atoms with E-state index in [4.69, 9.17) is 0 Å². The van der Waals surface area contributed by atoms with E-state index < -0.39 is 5.82 Å². The first-order valence-corrected chi connectivity index (χ1v) is 7.42. The summed E-state index contributed by atoms with van der Waals surface area (Å²) in [5.41, 5.74) is 2.10. The summed E-state index contributed by atoms with van der Waals surface area (Å²) in [5.74, 6) is -1.11. The number of para-hydroxylation sites is 1. The Hall–Kier alpha value is -2.69. The standard InChI is InChI=1S/C18H19FN2O2/c1-3-14-7-4-5-10-17(14)20-18(23)12-21(13(2)22)16-9-6-8-15(19)11-16/h4-11H,3,12H2,1-2H3,(H,20,23). The van der Waals surface area contributed by atoms with Gasteiger partial charge in [-0.05, 0) is 36.2 Å². The van der Waals surface area contributed by atoms with E-state index in [2.05, 4.69) is 5.32 Å². The van der Waals surface area contributed by atoms with Crippen LogP contribution in [0.15, 0.2) is 48.5 Å². The summed E-state index contributed by atoms with van der Waals surface area (Å²) in [6, 6.07) is 13.1. The minimum atomic E-state index is -0.453. The largest absolute Gasteiger partial charge is 0.324 e. The molecule has 1 N–H and O–H groups in total. The molecule has 2 aromatic rings. The third kappa shape index (κ3) is 4.39. The molecule has 5 heteroatoms. The zero-order valence-electron chi connectivity index (χ0n) is 13.2. The van der Waals surface area contributed by atoms with Gasteiger partial charge in [-0.15, -0.1) is 0 Å². The molecule has 0 heterocycles. The van der Waals surface area contributed by atoms with E-state index in [1.165, 1.54) is 30.0 Å². The van der Waals surface area contributed by atoms with Gasteiger partial charge in [0.05, 0.1) is 0 Å². The first kappa shape index (κ1) is 16.7. The normalized spacial score (nSPS) is 10.2. The highest BCUT2D eigenvalue weighted by Gasteiger charge is 2.17. The first-order chi connectivity index (χ1) is 11.0. The van der Waals surface area contributed by atoms with Gasteiger partial charge in [0, 0.05) is 18.3 Å². The second-order valence-corrected chi connectivity index (χ2v) is 5.14. The number of aryl methyl sites for hydroxylation is 1. The number of hydrogen-bond acceptors (Lipinski definition) is 2. The molecule has 0 unspecified atom stereocenters. The van der Waals surface area contributed by atoms with Crippen LogP contribution in [0.4, 0.5) is 15.8 Å².